The number of hydrogen-bond acceptors (Lipinski definition) is 6. The Hall–Kier alpha value is -3.59. The van der Waals surface area contributed by atoms with Gasteiger partial charge in [-0.2, -0.15) is 0 Å². The van der Waals surface area contributed by atoms with E-state index in [0.29, 0.717) is 29.3 Å². The fourth-order valence-electron chi connectivity index (χ4n) is 3.67. The van der Waals surface area contributed by atoms with Crippen LogP contribution in [-0.2, 0) is 16.0 Å². The van der Waals surface area contributed by atoms with Crippen molar-refractivity contribution < 1.29 is 14.4 Å². The number of hydrogen-bond donors (Lipinski definition) is 2. The van der Waals surface area contributed by atoms with Gasteiger partial charge >= 0.3 is 0 Å². The van der Waals surface area contributed by atoms with Crippen LogP contribution in [-0.4, -0.2) is 45.4 Å². The summed E-state index contributed by atoms with van der Waals surface area (Å²) in [7, 11) is 0. The van der Waals surface area contributed by atoms with Crippen molar-refractivity contribution in [3.8, 4) is 0 Å². The standard InChI is InChI=1S/C24H25N5O3S/c1-15(2)29-14-18(13-21(29)30)23(32)25-19-10-8-17(9-11-19)22(31)26-24-28-27-20(33-24)12-16-6-4-3-5-7-16/h3-11,15,18H,12-14H2,1-2H3,(H,25,32)(H,26,28,31). The minimum atomic E-state index is -0.370. The summed E-state index contributed by atoms with van der Waals surface area (Å²) in [6.07, 6.45) is 0.878. The number of aromatic nitrogens is 2. The van der Waals surface area contributed by atoms with E-state index in [4.69, 9.17) is 0 Å². The predicted molar refractivity (Wildman–Crippen MR) is 127 cm³/mol. The van der Waals surface area contributed by atoms with Gasteiger partial charge in [0.25, 0.3) is 5.91 Å². The van der Waals surface area contributed by atoms with E-state index >= 15 is 0 Å². The quantitative estimate of drug-likeness (QED) is 0.557. The van der Waals surface area contributed by atoms with Crippen LogP contribution in [0.15, 0.2) is 54.6 Å². The summed E-state index contributed by atoms with van der Waals surface area (Å²) in [6.45, 7) is 4.30. The van der Waals surface area contributed by atoms with Gasteiger partial charge in [0, 0.05) is 36.7 Å². The molecule has 0 aliphatic carbocycles. The first kappa shape index (κ1) is 22.6. The first-order chi connectivity index (χ1) is 15.9. The van der Waals surface area contributed by atoms with Crippen molar-refractivity contribution in [2.75, 3.05) is 17.2 Å². The molecular formula is C24H25N5O3S. The van der Waals surface area contributed by atoms with Crippen LogP contribution in [0.3, 0.4) is 0 Å². The maximum Gasteiger partial charge on any atom is 0.257 e. The second-order valence-electron chi connectivity index (χ2n) is 8.22. The van der Waals surface area contributed by atoms with Crippen molar-refractivity contribution in [1.29, 1.82) is 0 Å². The number of benzene rings is 2. The number of anilines is 2. The van der Waals surface area contributed by atoms with Gasteiger partial charge in [-0.3, -0.25) is 19.7 Å². The summed E-state index contributed by atoms with van der Waals surface area (Å²) < 4.78 is 0. The van der Waals surface area contributed by atoms with Crippen LogP contribution >= 0.6 is 11.3 Å². The van der Waals surface area contributed by atoms with Gasteiger partial charge in [0.05, 0.1) is 5.92 Å². The summed E-state index contributed by atoms with van der Waals surface area (Å²) in [6, 6.07) is 16.6. The van der Waals surface area contributed by atoms with Gasteiger partial charge in [-0.25, -0.2) is 0 Å². The normalized spacial score (nSPS) is 15.7. The summed E-state index contributed by atoms with van der Waals surface area (Å²) in [5, 5.41) is 15.0. The van der Waals surface area contributed by atoms with Crippen LogP contribution in [0.25, 0.3) is 0 Å². The number of carbonyl (C=O) groups is 3. The molecule has 170 valence electrons. The van der Waals surface area contributed by atoms with Crippen LogP contribution in [0.2, 0.25) is 0 Å². The molecule has 1 aliphatic heterocycles. The zero-order chi connectivity index (χ0) is 23.4. The van der Waals surface area contributed by atoms with Crippen LogP contribution in [0.1, 0.15) is 41.2 Å². The molecule has 3 aromatic rings. The molecule has 2 heterocycles. The van der Waals surface area contributed by atoms with E-state index in [2.05, 4.69) is 20.8 Å². The minimum absolute atomic E-state index is 0.000714. The van der Waals surface area contributed by atoms with Gasteiger partial charge in [-0.05, 0) is 43.7 Å². The molecule has 1 aromatic heterocycles. The Kier molecular flexibility index (Phi) is 6.79. The van der Waals surface area contributed by atoms with Crippen molar-refractivity contribution in [1.82, 2.24) is 15.1 Å². The van der Waals surface area contributed by atoms with Crippen molar-refractivity contribution in [3.63, 3.8) is 0 Å². The molecule has 4 rings (SSSR count). The lowest BCUT2D eigenvalue weighted by Gasteiger charge is -2.20. The van der Waals surface area contributed by atoms with Crippen molar-refractivity contribution >= 4 is 39.9 Å². The molecule has 2 aromatic carbocycles. The second-order valence-corrected chi connectivity index (χ2v) is 9.29. The van der Waals surface area contributed by atoms with Crippen LogP contribution in [0.5, 0.6) is 0 Å². The molecule has 1 saturated heterocycles. The van der Waals surface area contributed by atoms with Gasteiger partial charge in [0.15, 0.2) is 0 Å². The van der Waals surface area contributed by atoms with E-state index in [0.717, 1.165) is 10.6 Å². The number of carbonyl (C=O) groups excluding carboxylic acids is 3. The summed E-state index contributed by atoms with van der Waals surface area (Å²) in [4.78, 5) is 38.9. The van der Waals surface area contributed by atoms with Gasteiger partial charge in [0.1, 0.15) is 5.01 Å². The molecule has 1 unspecified atom stereocenters. The zero-order valence-corrected chi connectivity index (χ0v) is 19.3. The van der Waals surface area contributed by atoms with Gasteiger partial charge < -0.3 is 10.2 Å². The Bertz CT molecular complexity index is 1140. The number of amides is 3. The van der Waals surface area contributed by atoms with Crippen LogP contribution in [0, 0.1) is 5.92 Å². The Morgan fingerprint density at radius 2 is 1.79 bits per heavy atom. The number of likely N-dealkylation sites (tertiary alicyclic amines) is 1. The summed E-state index contributed by atoms with van der Waals surface area (Å²) in [5.41, 5.74) is 2.14. The van der Waals surface area contributed by atoms with Gasteiger partial charge in [-0.1, -0.05) is 41.7 Å². The fourth-order valence-corrected chi connectivity index (χ4v) is 4.44. The van der Waals surface area contributed by atoms with Crippen molar-refractivity contribution in [3.05, 3.63) is 70.7 Å². The molecule has 0 saturated carbocycles. The molecular weight excluding hydrogens is 438 g/mol. The molecule has 0 bridgehead atoms. The molecule has 1 aliphatic rings. The lowest BCUT2D eigenvalue weighted by atomic mass is 10.1. The molecule has 3 amide bonds. The van der Waals surface area contributed by atoms with E-state index in [1.807, 2.05) is 44.2 Å². The molecule has 1 fully saturated rings. The minimum Gasteiger partial charge on any atom is -0.339 e. The maximum atomic E-state index is 12.6. The summed E-state index contributed by atoms with van der Waals surface area (Å²) in [5.74, 6) is -0.862. The third-order valence-electron chi connectivity index (χ3n) is 5.45. The van der Waals surface area contributed by atoms with Crippen molar-refractivity contribution in [2.24, 2.45) is 5.92 Å². The SMILES string of the molecule is CC(C)N1CC(C(=O)Nc2ccc(C(=O)Nc3nnc(Cc4ccccc4)s3)cc2)CC1=O. The smallest absolute Gasteiger partial charge is 0.257 e. The summed E-state index contributed by atoms with van der Waals surface area (Å²) >= 11 is 1.34. The predicted octanol–water partition coefficient (Wildman–Crippen LogP) is 3.58. The maximum absolute atomic E-state index is 12.6. The molecule has 33 heavy (non-hydrogen) atoms. The van der Waals surface area contributed by atoms with Gasteiger partial charge in [-0.15, -0.1) is 10.2 Å². The van der Waals surface area contributed by atoms with Crippen LogP contribution < -0.4 is 10.6 Å². The third kappa shape index (κ3) is 5.61. The fraction of sp³-hybridized carbons (Fsp3) is 0.292. The molecule has 0 radical (unpaired) electrons. The first-order valence-electron chi connectivity index (χ1n) is 10.8. The van der Waals surface area contributed by atoms with E-state index in [1.165, 1.54) is 11.3 Å². The Morgan fingerprint density at radius 1 is 1.06 bits per heavy atom. The van der Waals surface area contributed by atoms with E-state index in [1.54, 1.807) is 29.2 Å². The van der Waals surface area contributed by atoms with Crippen molar-refractivity contribution in [2.45, 2.75) is 32.7 Å². The highest BCUT2D eigenvalue weighted by molar-refractivity contribution is 7.15. The molecule has 2 N–H and O–H groups in total. The lowest BCUT2D eigenvalue weighted by molar-refractivity contribution is -0.129. The first-order valence-corrected chi connectivity index (χ1v) is 11.6. The average molecular weight is 464 g/mol. The number of rotatable bonds is 7. The number of nitrogens with zero attached hydrogens (tertiary/aromatic N) is 3. The third-order valence-corrected chi connectivity index (χ3v) is 6.29. The second kappa shape index (κ2) is 9.91. The van der Waals surface area contributed by atoms with Gasteiger partial charge in [0.2, 0.25) is 16.9 Å². The monoisotopic (exact) mass is 463 g/mol. The number of nitrogens with one attached hydrogen (secondary N) is 2. The highest BCUT2D eigenvalue weighted by Gasteiger charge is 2.35. The Balaban J connectivity index is 1.31. The molecule has 0 spiro atoms. The molecule has 1 atom stereocenters. The molecule has 8 nitrogen and oxygen atoms in total. The Labute approximate surface area is 196 Å². The van der Waals surface area contributed by atoms with E-state index in [9.17, 15) is 14.4 Å². The topological polar surface area (TPSA) is 104 Å². The Morgan fingerprint density at radius 3 is 2.45 bits per heavy atom. The molecule has 9 heteroatoms. The zero-order valence-electron chi connectivity index (χ0n) is 18.4. The highest BCUT2D eigenvalue weighted by atomic mass is 32.1. The van der Waals surface area contributed by atoms with E-state index in [-0.39, 0.29) is 36.1 Å². The highest BCUT2D eigenvalue weighted by Crippen LogP contribution is 2.23. The van der Waals surface area contributed by atoms with E-state index < -0.39 is 0 Å². The lowest BCUT2D eigenvalue weighted by Crippen LogP contribution is -2.33. The largest absolute Gasteiger partial charge is 0.339 e. The average Bonchev–Trinajstić information content (AvgIpc) is 3.41. The van der Waals surface area contributed by atoms with Crippen LogP contribution in [0.4, 0.5) is 10.8 Å².